The molecule has 1 aromatic heterocycles. The number of hydrogen-bond donors (Lipinski definition) is 1. The fraction of sp³-hybridized carbons (Fsp3) is 0.476. The van der Waals surface area contributed by atoms with Crippen molar-refractivity contribution in [3.63, 3.8) is 0 Å². The van der Waals surface area contributed by atoms with E-state index in [1.54, 1.807) is 0 Å². The predicted octanol–water partition coefficient (Wildman–Crippen LogP) is 4.23. The molecule has 2 atom stereocenters. The SMILES string of the molecule is O=C(NC[C@@H]1CCCN2CCCC[C@H]12)c1cc(Br)ccc1-n1cccc1. The Bertz CT molecular complexity index is 757. The molecule has 1 N–H and O–H groups in total. The summed E-state index contributed by atoms with van der Waals surface area (Å²) < 4.78 is 2.92. The molecule has 3 heterocycles. The number of amides is 1. The normalized spacial score (nSPS) is 23.4. The number of aromatic nitrogens is 1. The van der Waals surface area contributed by atoms with Gasteiger partial charge in [-0.25, -0.2) is 0 Å². The van der Waals surface area contributed by atoms with Crippen LogP contribution in [0.2, 0.25) is 0 Å². The molecule has 1 aromatic carbocycles. The first-order chi connectivity index (χ1) is 12.7. The lowest BCUT2D eigenvalue weighted by Gasteiger charge is -2.44. The van der Waals surface area contributed by atoms with Crippen molar-refractivity contribution in [1.82, 2.24) is 14.8 Å². The number of fused-ring (bicyclic) bond motifs is 1. The highest BCUT2D eigenvalue weighted by molar-refractivity contribution is 9.10. The van der Waals surface area contributed by atoms with Crippen molar-refractivity contribution in [3.05, 3.63) is 52.8 Å². The molecule has 0 spiro atoms. The molecule has 138 valence electrons. The second-order valence-electron chi connectivity index (χ2n) is 7.46. The quantitative estimate of drug-likeness (QED) is 0.810. The fourth-order valence-electron chi connectivity index (χ4n) is 4.54. The smallest absolute Gasteiger partial charge is 0.253 e. The van der Waals surface area contributed by atoms with Crippen molar-refractivity contribution >= 4 is 21.8 Å². The van der Waals surface area contributed by atoms with Crippen molar-refractivity contribution < 1.29 is 4.79 Å². The summed E-state index contributed by atoms with van der Waals surface area (Å²) in [6.07, 6.45) is 10.4. The lowest BCUT2D eigenvalue weighted by molar-refractivity contribution is 0.0575. The third-order valence-electron chi connectivity index (χ3n) is 5.84. The molecule has 2 aliphatic heterocycles. The van der Waals surface area contributed by atoms with Crippen LogP contribution in [0.25, 0.3) is 5.69 Å². The van der Waals surface area contributed by atoms with Gasteiger partial charge >= 0.3 is 0 Å². The third-order valence-corrected chi connectivity index (χ3v) is 6.33. The van der Waals surface area contributed by atoms with Gasteiger partial charge in [0.25, 0.3) is 5.91 Å². The summed E-state index contributed by atoms with van der Waals surface area (Å²) in [5, 5.41) is 3.23. The van der Waals surface area contributed by atoms with Crippen LogP contribution in [0.3, 0.4) is 0 Å². The van der Waals surface area contributed by atoms with Gasteiger partial charge in [0.05, 0.1) is 11.3 Å². The first kappa shape index (κ1) is 17.8. The summed E-state index contributed by atoms with van der Waals surface area (Å²) in [4.78, 5) is 15.6. The van der Waals surface area contributed by atoms with Gasteiger partial charge in [-0.1, -0.05) is 22.4 Å². The molecule has 4 rings (SSSR count). The van der Waals surface area contributed by atoms with E-state index in [1.165, 1.54) is 45.2 Å². The Morgan fingerprint density at radius 3 is 2.77 bits per heavy atom. The Hall–Kier alpha value is -1.59. The van der Waals surface area contributed by atoms with Crippen LogP contribution >= 0.6 is 15.9 Å². The molecule has 1 amide bonds. The van der Waals surface area contributed by atoms with Gasteiger partial charge in [0.15, 0.2) is 0 Å². The van der Waals surface area contributed by atoms with E-state index in [2.05, 4.69) is 26.1 Å². The topological polar surface area (TPSA) is 37.3 Å². The number of carbonyl (C=O) groups is 1. The summed E-state index contributed by atoms with van der Waals surface area (Å²) in [6, 6.07) is 10.5. The van der Waals surface area contributed by atoms with E-state index in [9.17, 15) is 4.79 Å². The minimum atomic E-state index is 0.0166. The van der Waals surface area contributed by atoms with Gasteiger partial charge in [0, 0.05) is 29.5 Å². The molecule has 2 saturated heterocycles. The molecule has 5 heteroatoms. The fourth-order valence-corrected chi connectivity index (χ4v) is 4.91. The number of piperidine rings is 2. The molecule has 2 aromatic rings. The van der Waals surface area contributed by atoms with Crippen molar-refractivity contribution in [3.8, 4) is 5.69 Å². The molecule has 0 radical (unpaired) electrons. The molecule has 0 bridgehead atoms. The van der Waals surface area contributed by atoms with Crippen LogP contribution in [0.1, 0.15) is 42.5 Å². The zero-order chi connectivity index (χ0) is 17.9. The predicted molar refractivity (Wildman–Crippen MR) is 108 cm³/mol. The Morgan fingerprint density at radius 2 is 1.92 bits per heavy atom. The highest BCUT2D eigenvalue weighted by atomic mass is 79.9. The number of nitrogens with zero attached hydrogens (tertiary/aromatic N) is 2. The van der Waals surface area contributed by atoms with E-state index in [-0.39, 0.29) is 5.91 Å². The Balaban J connectivity index is 1.47. The Morgan fingerprint density at radius 1 is 1.12 bits per heavy atom. The standard InChI is InChI=1S/C21H26BrN3O/c22-17-8-9-20(25-11-3-4-12-25)18(14-17)21(26)23-15-16-6-5-13-24-10-2-1-7-19(16)24/h3-4,8-9,11-12,14,16,19H,1-2,5-7,10,13,15H2,(H,23,26)/t16-,19+/m0/s1. The molecule has 0 aliphatic carbocycles. The van der Waals surface area contributed by atoms with E-state index in [0.717, 1.165) is 16.7 Å². The van der Waals surface area contributed by atoms with Gasteiger partial charge in [-0.05, 0) is 75.0 Å². The number of benzene rings is 1. The second-order valence-corrected chi connectivity index (χ2v) is 8.38. The summed E-state index contributed by atoms with van der Waals surface area (Å²) in [5.41, 5.74) is 1.63. The average molecular weight is 416 g/mol. The largest absolute Gasteiger partial charge is 0.352 e. The van der Waals surface area contributed by atoms with Gasteiger partial charge in [-0.3, -0.25) is 4.79 Å². The van der Waals surface area contributed by atoms with Crippen LogP contribution in [-0.4, -0.2) is 41.1 Å². The van der Waals surface area contributed by atoms with E-state index >= 15 is 0 Å². The maximum absolute atomic E-state index is 13.0. The van der Waals surface area contributed by atoms with Gasteiger partial charge in [0.1, 0.15) is 0 Å². The van der Waals surface area contributed by atoms with Crippen molar-refractivity contribution in [2.24, 2.45) is 5.92 Å². The van der Waals surface area contributed by atoms with E-state index in [1.807, 2.05) is 47.3 Å². The van der Waals surface area contributed by atoms with Crippen LogP contribution in [0, 0.1) is 5.92 Å². The summed E-state index contributed by atoms with van der Waals surface area (Å²) in [6.45, 7) is 3.24. The van der Waals surface area contributed by atoms with Gasteiger partial charge < -0.3 is 14.8 Å². The summed E-state index contributed by atoms with van der Waals surface area (Å²) in [7, 11) is 0. The highest BCUT2D eigenvalue weighted by Gasteiger charge is 2.33. The van der Waals surface area contributed by atoms with Crippen LogP contribution in [-0.2, 0) is 0 Å². The molecule has 26 heavy (non-hydrogen) atoms. The summed E-state index contributed by atoms with van der Waals surface area (Å²) >= 11 is 3.51. The Kier molecular flexibility index (Phi) is 5.46. The molecule has 2 fully saturated rings. The van der Waals surface area contributed by atoms with Gasteiger partial charge in [-0.15, -0.1) is 0 Å². The average Bonchev–Trinajstić information content (AvgIpc) is 3.20. The molecule has 0 unspecified atom stereocenters. The number of halogens is 1. The molecular weight excluding hydrogens is 390 g/mol. The number of nitrogens with one attached hydrogen (secondary N) is 1. The van der Waals surface area contributed by atoms with Crippen LogP contribution < -0.4 is 5.32 Å². The molecule has 2 aliphatic rings. The number of rotatable bonds is 4. The zero-order valence-corrected chi connectivity index (χ0v) is 16.6. The van der Waals surface area contributed by atoms with E-state index in [0.29, 0.717) is 17.5 Å². The second kappa shape index (κ2) is 7.97. The van der Waals surface area contributed by atoms with Crippen molar-refractivity contribution in [1.29, 1.82) is 0 Å². The van der Waals surface area contributed by atoms with Crippen LogP contribution in [0.4, 0.5) is 0 Å². The zero-order valence-electron chi connectivity index (χ0n) is 15.0. The number of hydrogen-bond acceptors (Lipinski definition) is 2. The first-order valence-electron chi connectivity index (χ1n) is 9.67. The van der Waals surface area contributed by atoms with Crippen LogP contribution in [0.15, 0.2) is 47.2 Å². The van der Waals surface area contributed by atoms with Crippen LogP contribution in [0.5, 0.6) is 0 Å². The molecule has 4 nitrogen and oxygen atoms in total. The highest BCUT2D eigenvalue weighted by Crippen LogP contribution is 2.30. The minimum absolute atomic E-state index is 0.0166. The van der Waals surface area contributed by atoms with Crippen molar-refractivity contribution in [2.45, 2.75) is 38.1 Å². The monoisotopic (exact) mass is 415 g/mol. The first-order valence-corrected chi connectivity index (χ1v) is 10.5. The number of carbonyl (C=O) groups excluding carboxylic acids is 1. The molecular formula is C21H26BrN3O. The minimum Gasteiger partial charge on any atom is -0.352 e. The summed E-state index contributed by atoms with van der Waals surface area (Å²) in [5.74, 6) is 0.595. The maximum atomic E-state index is 13.0. The third kappa shape index (κ3) is 3.74. The molecule has 0 saturated carbocycles. The lowest BCUT2D eigenvalue weighted by Crippen LogP contribution is -2.51. The van der Waals surface area contributed by atoms with E-state index < -0.39 is 0 Å². The van der Waals surface area contributed by atoms with E-state index in [4.69, 9.17) is 0 Å². The Labute approximate surface area is 163 Å². The maximum Gasteiger partial charge on any atom is 0.253 e. The van der Waals surface area contributed by atoms with Gasteiger partial charge in [-0.2, -0.15) is 0 Å². The van der Waals surface area contributed by atoms with Crippen molar-refractivity contribution in [2.75, 3.05) is 19.6 Å². The van der Waals surface area contributed by atoms with Gasteiger partial charge in [0.2, 0.25) is 0 Å². The lowest BCUT2D eigenvalue weighted by atomic mass is 9.83.